The fourth-order valence-electron chi connectivity index (χ4n) is 19.3. The fourth-order valence-corrected chi connectivity index (χ4v) is 19.3. The third-order valence-corrected chi connectivity index (χ3v) is 25.0. The first-order valence-corrected chi connectivity index (χ1v) is 41.6. The first-order valence-electron chi connectivity index (χ1n) is 41.6. The summed E-state index contributed by atoms with van der Waals surface area (Å²) in [5.41, 5.74) is 30.4. The van der Waals surface area contributed by atoms with Crippen molar-refractivity contribution in [2.24, 2.45) is 0 Å². The minimum absolute atomic E-state index is 0.931. The quantitative estimate of drug-likeness (QED) is 0.153. The van der Waals surface area contributed by atoms with Crippen LogP contribution in [0.25, 0.3) is 247 Å². The molecule has 0 unspecified atom stereocenters. The van der Waals surface area contributed by atoms with Crippen LogP contribution in [0.4, 0.5) is 0 Å². The summed E-state index contributed by atoms with van der Waals surface area (Å²) in [4.78, 5) is 35.0. The van der Waals surface area contributed by atoms with Gasteiger partial charge in [0.1, 0.15) is 16.9 Å². The smallest absolute Gasteiger partial charge is 0.147 e. The Morgan fingerprint density at radius 1 is 0.171 bits per heavy atom. The Morgan fingerprint density at radius 2 is 0.504 bits per heavy atom. The third-order valence-electron chi connectivity index (χ3n) is 25.0. The van der Waals surface area contributed by atoms with E-state index in [4.69, 9.17) is 29.9 Å². The second kappa shape index (κ2) is 28.0. The lowest BCUT2D eigenvalue weighted by Gasteiger charge is -2.15. The molecule has 0 bridgehead atoms. The van der Waals surface area contributed by atoms with Crippen molar-refractivity contribution in [3.05, 3.63) is 413 Å². The maximum absolute atomic E-state index is 5.18. The molecule has 0 spiro atoms. The van der Waals surface area contributed by atoms with Gasteiger partial charge in [0.05, 0.1) is 77.4 Å². The molecule has 0 aliphatic heterocycles. The number of imidazole rings is 3. The number of benzene rings is 17. The van der Waals surface area contributed by atoms with Gasteiger partial charge in [-0.1, -0.05) is 291 Å². The Hall–Kier alpha value is -16.7. The Kier molecular flexibility index (Phi) is 15.8. The van der Waals surface area contributed by atoms with Crippen LogP contribution in [-0.2, 0) is 0 Å². The van der Waals surface area contributed by atoms with Crippen LogP contribution in [0.5, 0.6) is 0 Å². The van der Waals surface area contributed by atoms with E-state index < -0.39 is 0 Å². The molecular weight excluding hydrogens is 1500 g/mol. The van der Waals surface area contributed by atoms with Crippen LogP contribution in [0.3, 0.4) is 0 Å². The first-order chi connectivity index (χ1) is 61.0. The summed E-state index contributed by atoms with van der Waals surface area (Å²) in [7, 11) is 0. The van der Waals surface area contributed by atoms with Crippen molar-refractivity contribution < 1.29 is 0 Å². The fraction of sp³-hybridized carbons (Fsp3) is 0. The number of pyridine rings is 7. The van der Waals surface area contributed by atoms with Crippen LogP contribution in [0, 0.1) is 0 Å². The van der Waals surface area contributed by atoms with E-state index in [1.807, 2.05) is 42.9 Å². The lowest BCUT2D eigenvalue weighted by atomic mass is 9.91. The van der Waals surface area contributed by atoms with E-state index in [1.54, 1.807) is 0 Å². The number of hydrogen-bond acceptors (Lipinski definition) is 7. The van der Waals surface area contributed by atoms with Gasteiger partial charge in [0, 0.05) is 67.2 Å². The van der Waals surface area contributed by atoms with Gasteiger partial charge in [-0.3, -0.25) is 28.2 Å². The van der Waals surface area contributed by atoms with Crippen molar-refractivity contribution in [1.29, 1.82) is 0 Å². The van der Waals surface area contributed by atoms with E-state index in [1.165, 1.54) is 115 Å². The van der Waals surface area contributed by atoms with Gasteiger partial charge in [-0.05, 0) is 207 Å². The molecule has 0 aliphatic carbocycles. The maximum atomic E-state index is 5.18. The van der Waals surface area contributed by atoms with Gasteiger partial charge in [-0.25, -0.2) is 19.9 Å². The molecule has 0 radical (unpaired) electrons. The average Bonchev–Trinajstić information content (AvgIpc) is 1.65. The number of hydrogen-bond donors (Lipinski definition) is 0. The van der Waals surface area contributed by atoms with Crippen LogP contribution in [0.15, 0.2) is 413 Å². The topological polar surface area (TPSA) is 103 Å². The van der Waals surface area contributed by atoms with Crippen LogP contribution < -0.4 is 0 Å². The van der Waals surface area contributed by atoms with Gasteiger partial charge in [0.15, 0.2) is 0 Å². The van der Waals surface area contributed by atoms with E-state index in [-0.39, 0.29) is 0 Å². The zero-order valence-corrected chi connectivity index (χ0v) is 66.2. The minimum atomic E-state index is 0.931. The summed E-state index contributed by atoms with van der Waals surface area (Å²) < 4.78 is 6.86. The summed E-state index contributed by atoms with van der Waals surface area (Å²) in [5.74, 6) is 0. The number of nitrogens with zero attached hydrogens (tertiary/aromatic N) is 10. The average molecular weight is 1570 g/mol. The molecule has 10 aromatic heterocycles. The predicted molar refractivity (Wildman–Crippen MR) is 512 cm³/mol. The van der Waals surface area contributed by atoms with Crippen LogP contribution in [0.2, 0.25) is 0 Å². The normalized spacial score (nSPS) is 11.9. The molecule has 0 fully saturated rings. The van der Waals surface area contributed by atoms with Crippen LogP contribution in [0.1, 0.15) is 0 Å². The van der Waals surface area contributed by atoms with Gasteiger partial charge in [-0.15, -0.1) is 0 Å². The highest BCUT2D eigenvalue weighted by atomic mass is 15.0. The zero-order valence-electron chi connectivity index (χ0n) is 66.2. The van der Waals surface area contributed by atoms with E-state index in [9.17, 15) is 0 Å². The standard InChI is InChI=1S/C41H24N4.C38H23N3.C34H21N3/c1-2-11-31-29(9-1)32(24-33-30-10-3-5-13-36(30)45-37-14-6-4-12-35(37)44-41(45)38(31)33)25-15-17-26(18-16-25)34-22-21-28-20-19-27-8-7-23-42-39(27)40(28)43-34;1-2-9-27-22-28(20-17-24(27)8-1)25-15-18-26(19-16-25)31-23-32-36(30-11-4-3-10-29(30)31)38-40-33-12-5-6-13-34(33)41(38)35-14-7-21-39-37(32)35;1-2-9-22(10-3-1)23-16-18-24(19-17-23)27-21-28-32(26-12-5-4-11-25(26)27)34-36-29-13-6-7-14-30(29)37(34)31-15-8-20-35-33(28)31/h1-24H;1-23H;1-21H. The molecule has 17 aromatic carbocycles. The Balaban J connectivity index is 0.000000102. The lowest BCUT2D eigenvalue weighted by Crippen LogP contribution is -1.95. The molecule has 0 aliphatic rings. The molecule has 570 valence electrons. The molecule has 10 nitrogen and oxygen atoms in total. The van der Waals surface area contributed by atoms with Crippen molar-refractivity contribution in [2.45, 2.75) is 0 Å². The molecular formula is C113H68N10. The molecule has 0 N–H and O–H groups in total. The van der Waals surface area contributed by atoms with Crippen LogP contribution >= 0.6 is 0 Å². The largest absolute Gasteiger partial charge is 0.292 e. The predicted octanol–water partition coefficient (Wildman–Crippen LogP) is 28.9. The molecule has 0 saturated carbocycles. The van der Waals surface area contributed by atoms with E-state index in [0.717, 1.165) is 132 Å². The van der Waals surface area contributed by atoms with E-state index in [2.05, 4.69) is 388 Å². The van der Waals surface area contributed by atoms with E-state index in [0.29, 0.717) is 0 Å². The monoisotopic (exact) mass is 1560 g/mol. The second-order valence-corrected chi connectivity index (χ2v) is 31.8. The molecule has 123 heavy (non-hydrogen) atoms. The minimum Gasteiger partial charge on any atom is -0.292 e. The Bertz CT molecular complexity index is 9070. The summed E-state index contributed by atoms with van der Waals surface area (Å²) in [6.07, 6.45) is 5.61. The van der Waals surface area contributed by atoms with Gasteiger partial charge in [0.2, 0.25) is 0 Å². The molecule has 0 saturated heterocycles. The summed E-state index contributed by atoms with van der Waals surface area (Å²) in [5, 5.41) is 20.1. The number of aromatic nitrogens is 10. The Morgan fingerprint density at radius 3 is 1.02 bits per heavy atom. The van der Waals surface area contributed by atoms with Gasteiger partial charge >= 0.3 is 0 Å². The third kappa shape index (κ3) is 11.2. The molecule has 10 heterocycles. The van der Waals surface area contributed by atoms with Crippen molar-refractivity contribution >= 4 is 180 Å². The van der Waals surface area contributed by atoms with Gasteiger partial charge < -0.3 is 0 Å². The Labute approximate surface area is 703 Å². The molecule has 27 aromatic rings. The summed E-state index contributed by atoms with van der Waals surface area (Å²) in [6, 6.07) is 140. The van der Waals surface area contributed by atoms with E-state index >= 15 is 0 Å². The summed E-state index contributed by atoms with van der Waals surface area (Å²) in [6.45, 7) is 0. The van der Waals surface area contributed by atoms with Crippen LogP contribution in [-0.4, -0.2) is 48.1 Å². The van der Waals surface area contributed by atoms with Crippen molar-refractivity contribution in [2.75, 3.05) is 0 Å². The van der Waals surface area contributed by atoms with Gasteiger partial charge in [-0.2, -0.15) is 0 Å². The highest BCUT2D eigenvalue weighted by molar-refractivity contribution is 6.29. The second-order valence-electron chi connectivity index (χ2n) is 31.8. The summed E-state index contributed by atoms with van der Waals surface area (Å²) >= 11 is 0. The molecule has 10 heteroatoms. The lowest BCUT2D eigenvalue weighted by molar-refractivity contribution is 1.29. The van der Waals surface area contributed by atoms with Gasteiger partial charge in [0.25, 0.3) is 0 Å². The van der Waals surface area contributed by atoms with Crippen molar-refractivity contribution in [3.8, 4) is 66.9 Å². The zero-order chi connectivity index (χ0) is 80.7. The van der Waals surface area contributed by atoms with Crippen molar-refractivity contribution in [1.82, 2.24) is 48.1 Å². The molecule has 0 atom stereocenters. The first kappa shape index (κ1) is 69.4. The number of rotatable bonds is 6. The molecule has 0 amide bonds. The maximum Gasteiger partial charge on any atom is 0.147 e. The number of fused-ring (bicyclic) bond motifs is 34. The molecule has 27 rings (SSSR count). The highest BCUT2D eigenvalue weighted by Gasteiger charge is 2.24. The number of para-hydroxylation sites is 7. The highest BCUT2D eigenvalue weighted by Crippen LogP contribution is 2.46. The van der Waals surface area contributed by atoms with Crippen molar-refractivity contribution in [3.63, 3.8) is 0 Å². The SMILES string of the molecule is c1ccc(-c2ccc(-c3cc4c5ncccc5n5c6ccccc6nc5c4c4ccccc34)cc2)cc1.c1ccc2cc(-c3ccc(-c4cc5c6ncccc6n6c7ccccc7nc6c5c5ccccc45)cc3)ccc2c1.c1cnc2c(c1)ccc1ccc(-c3ccc(-c4cc5c6ccccc6n6c7ccccc7nc6c5c5ccccc45)cc3)nc12.